The highest BCUT2D eigenvalue weighted by molar-refractivity contribution is 6.05. The first-order valence-electron chi connectivity index (χ1n) is 8.33. The third-order valence-electron chi connectivity index (χ3n) is 3.77. The molecule has 1 aromatic carbocycles. The molecule has 1 N–H and O–H groups in total. The van der Waals surface area contributed by atoms with Gasteiger partial charge in [0.15, 0.2) is 0 Å². The van der Waals surface area contributed by atoms with Crippen LogP contribution in [0.15, 0.2) is 55.2 Å². The molecule has 2 heterocycles. The van der Waals surface area contributed by atoms with Crippen LogP contribution in [0.5, 0.6) is 5.75 Å². The average Bonchev–Trinajstić information content (AvgIpc) is 2.68. The number of anilines is 2. The molecular formula is C19H16F3N5O2. The van der Waals surface area contributed by atoms with Gasteiger partial charge in [-0.3, -0.25) is 4.79 Å². The normalized spacial score (nSPS) is 11.1. The van der Waals surface area contributed by atoms with Gasteiger partial charge in [-0.15, -0.1) is 13.2 Å². The summed E-state index contributed by atoms with van der Waals surface area (Å²) in [5, 5.41) is 2.62. The van der Waals surface area contributed by atoms with Gasteiger partial charge in [-0.25, -0.2) is 15.0 Å². The summed E-state index contributed by atoms with van der Waals surface area (Å²) in [6.45, 7) is 0. The largest absolute Gasteiger partial charge is 0.573 e. The number of pyridine rings is 1. The summed E-state index contributed by atoms with van der Waals surface area (Å²) in [5.74, 6) is -0.214. The van der Waals surface area contributed by atoms with Crippen molar-refractivity contribution in [2.24, 2.45) is 0 Å². The van der Waals surface area contributed by atoms with Crippen LogP contribution in [0.25, 0.3) is 11.1 Å². The first-order chi connectivity index (χ1) is 13.7. The average molecular weight is 403 g/mol. The molecule has 3 aromatic rings. The SMILES string of the molecule is CN(C)c1ncc(C(=O)Nc2ccc(OC(F)(F)F)cc2)cc1-c1cncnc1. The Balaban J connectivity index is 1.82. The summed E-state index contributed by atoms with van der Waals surface area (Å²) in [6.07, 6.45) is 1.26. The van der Waals surface area contributed by atoms with E-state index in [4.69, 9.17) is 0 Å². The number of aromatic nitrogens is 3. The number of carbonyl (C=O) groups excluding carboxylic acids is 1. The number of rotatable bonds is 5. The number of nitrogens with one attached hydrogen (secondary N) is 1. The summed E-state index contributed by atoms with van der Waals surface area (Å²) in [7, 11) is 3.64. The second-order valence-electron chi connectivity index (χ2n) is 6.14. The van der Waals surface area contributed by atoms with E-state index in [-0.39, 0.29) is 11.3 Å². The van der Waals surface area contributed by atoms with Crippen molar-refractivity contribution >= 4 is 17.4 Å². The van der Waals surface area contributed by atoms with Crippen molar-refractivity contribution in [2.45, 2.75) is 6.36 Å². The molecule has 150 valence electrons. The van der Waals surface area contributed by atoms with E-state index in [0.29, 0.717) is 22.6 Å². The Kier molecular flexibility index (Phi) is 5.62. The molecular weight excluding hydrogens is 387 g/mol. The number of hydrogen-bond acceptors (Lipinski definition) is 6. The molecule has 0 unspecified atom stereocenters. The fraction of sp³-hybridized carbons (Fsp3) is 0.158. The Morgan fingerprint density at radius 1 is 1.07 bits per heavy atom. The highest BCUT2D eigenvalue weighted by atomic mass is 19.4. The molecule has 0 aliphatic carbocycles. The molecule has 10 heteroatoms. The molecule has 0 saturated heterocycles. The Hall–Kier alpha value is -3.69. The predicted molar refractivity (Wildman–Crippen MR) is 101 cm³/mol. The Labute approximate surface area is 164 Å². The van der Waals surface area contributed by atoms with E-state index < -0.39 is 12.3 Å². The van der Waals surface area contributed by atoms with Crippen LogP contribution in [0.1, 0.15) is 10.4 Å². The van der Waals surface area contributed by atoms with Crippen LogP contribution in [-0.2, 0) is 0 Å². The quantitative estimate of drug-likeness (QED) is 0.699. The van der Waals surface area contributed by atoms with Gasteiger partial charge in [-0.1, -0.05) is 0 Å². The van der Waals surface area contributed by atoms with E-state index in [1.165, 1.54) is 24.7 Å². The number of benzene rings is 1. The minimum atomic E-state index is -4.78. The Bertz CT molecular complexity index is 993. The van der Waals surface area contributed by atoms with Gasteiger partial charge < -0.3 is 15.0 Å². The molecule has 0 aliphatic rings. The van der Waals surface area contributed by atoms with Crippen LogP contribution in [0.4, 0.5) is 24.7 Å². The van der Waals surface area contributed by atoms with Crippen molar-refractivity contribution in [2.75, 3.05) is 24.3 Å². The monoisotopic (exact) mass is 403 g/mol. The van der Waals surface area contributed by atoms with E-state index in [1.54, 1.807) is 23.4 Å². The summed E-state index contributed by atoms with van der Waals surface area (Å²) >= 11 is 0. The number of carbonyl (C=O) groups is 1. The smallest absolute Gasteiger partial charge is 0.406 e. The summed E-state index contributed by atoms with van der Waals surface area (Å²) in [6, 6.07) is 6.50. The zero-order chi connectivity index (χ0) is 21.0. The second-order valence-corrected chi connectivity index (χ2v) is 6.14. The fourth-order valence-electron chi connectivity index (χ4n) is 2.53. The Morgan fingerprint density at radius 2 is 1.72 bits per heavy atom. The van der Waals surface area contributed by atoms with Crippen LogP contribution in [0, 0.1) is 0 Å². The van der Waals surface area contributed by atoms with Crippen molar-refractivity contribution in [3.05, 3.63) is 60.8 Å². The molecule has 3 rings (SSSR count). The number of hydrogen-bond donors (Lipinski definition) is 1. The first kappa shape index (κ1) is 20.1. The van der Waals surface area contributed by atoms with Crippen molar-refractivity contribution in [3.8, 4) is 16.9 Å². The lowest BCUT2D eigenvalue weighted by Crippen LogP contribution is -2.17. The molecule has 0 radical (unpaired) electrons. The van der Waals surface area contributed by atoms with Crippen molar-refractivity contribution in [3.63, 3.8) is 0 Å². The topological polar surface area (TPSA) is 80.2 Å². The lowest BCUT2D eigenvalue weighted by molar-refractivity contribution is -0.274. The summed E-state index contributed by atoms with van der Waals surface area (Å²) in [5.41, 5.74) is 1.93. The molecule has 0 atom stereocenters. The molecule has 7 nitrogen and oxygen atoms in total. The molecule has 2 aromatic heterocycles. The molecule has 0 saturated carbocycles. The number of halogens is 3. The lowest BCUT2D eigenvalue weighted by Gasteiger charge is -2.17. The zero-order valence-corrected chi connectivity index (χ0v) is 15.4. The van der Waals surface area contributed by atoms with Crippen molar-refractivity contribution in [1.82, 2.24) is 15.0 Å². The van der Waals surface area contributed by atoms with Crippen molar-refractivity contribution < 1.29 is 22.7 Å². The zero-order valence-electron chi connectivity index (χ0n) is 15.4. The lowest BCUT2D eigenvalue weighted by atomic mass is 10.1. The van der Waals surface area contributed by atoms with Gasteiger partial charge in [0, 0.05) is 49.5 Å². The van der Waals surface area contributed by atoms with E-state index in [0.717, 1.165) is 12.1 Å². The summed E-state index contributed by atoms with van der Waals surface area (Å²) < 4.78 is 40.5. The molecule has 0 spiro atoms. The number of nitrogens with zero attached hydrogens (tertiary/aromatic N) is 4. The van der Waals surface area contributed by atoms with E-state index >= 15 is 0 Å². The van der Waals surface area contributed by atoms with Crippen LogP contribution in [0.2, 0.25) is 0 Å². The predicted octanol–water partition coefficient (Wildman–Crippen LogP) is 3.76. The number of ether oxygens (including phenoxy) is 1. The minimum Gasteiger partial charge on any atom is -0.406 e. The maximum absolute atomic E-state index is 12.6. The van der Waals surface area contributed by atoms with Gasteiger partial charge >= 0.3 is 6.36 Å². The highest BCUT2D eigenvalue weighted by Gasteiger charge is 2.31. The van der Waals surface area contributed by atoms with Gasteiger partial charge in [-0.05, 0) is 30.3 Å². The maximum Gasteiger partial charge on any atom is 0.573 e. The molecule has 0 bridgehead atoms. The minimum absolute atomic E-state index is 0.269. The van der Waals surface area contributed by atoms with Crippen LogP contribution >= 0.6 is 0 Å². The van der Waals surface area contributed by atoms with Gasteiger partial charge in [0.05, 0.1) is 5.56 Å². The van der Waals surface area contributed by atoms with Gasteiger partial charge in [-0.2, -0.15) is 0 Å². The van der Waals surface area contributed by atoms with Crippen LogP contribution in [0.3, 0.4) is 0 Å². The standard InChI is InChI=1S/C19H16F3N5O2/c1-27(2)17-16(13-8-23-11-24-9-13)7-12(10-25-17)18(28)26-14-3-5-15(6-4-14)29-19(20,21)22/h3-11H,1-2H3,(H,26,28). The van der Waals surface area contributed by atoms with Crippen LogP contribution in [-0.4, -0.2) is 41.3 Å². The van der Waals surface area contributed by atoms with Gasteiger partial charge in [0.2, 0.25) is 0 Å². The second kappa shape index (κ2) is 8.13. The molecule has 0 fully saturated rings. The van der Waals surface area contributed by atoms with E-state index in [2.05, 4.69) is 25.0 Å². The van der Waals surface area contributed by atoms with E-state index in [9.17, 15) is 18.0 Å². The Morgan fingerprint density at radius 3 is 2.31 bits per heavy atom. The number of alkyl halides is 3. The first-order valence-corrected chi connectivity index (χ1v) is 8.33. The van der Waals surface area contributed by atoms with Crippen LogP contribution < -0.4 is 15.0 Å². The van der Waals surface area contributed by atoms with Gasteiger partial charge in [0.1, 0.15) is 17.9 Å². The number of amides is 1. The highest BCUT2D eigenvalue weighted by Crippen LogP contribution is 2.28. The molecule has 1 amide bonds. The maximum atomic E-state index is 12.6. The molecule has 0 aliphatic heterocycles. The summed E-state index contributed by atoms with van der Waals surface area (Å²) in [4.78, 5) is 26.7. The van der Waals surface area contributed by atoms with Gasteiger partial charge in [0.25, 0.3) is 5.91 Å². The molecule has 29 heavy (non-hydrogen) atoms. The van der Waals surface area contributed by atoms with E-state index in [1.807, 2.05) is 14.1 Å². The van der Waals surface area contributed by atoms with Crippen molar-refractivity contribution in [1.29, 1.82) is 0 Å². The third-order valence-corrected chi connectivity index (χ3v) is 3.77. The third kappa shape index (κ3) is 5.18. The fourth-order valence-corrected chi connectivity index (χ4v) is 2.53.